The second-order valence-electron chi connectivity index (χ2n) is 16.8. The summed E-state index contributed by atoms with van der Waals surface area (Å²) in [6.45, 7) is 0.752. The van der Waals surface area contributed by atoms with Crippen LogP contribution in [0.15, 0.2) is 229 Å². The lowest BCUT2D eigenvalue weighted by Crippen LogP contribution is -2.18. The fourth-order valence-corrected chi connectivity index (χ4v) is 9.73. The van der Waals surface area contributed by atoms with Gasteiger partial charge in [0.15, 0.2) is 0 Å². The Morgan fingerprint density at radius 1 is 0.415 bits per heavy atom. The number of furan rings is 1. The Hall–Kier alpha value is -8.34. The molecule has 0 aliphatic carbocycles. The van der Waals surface area contributed by atoms with Gasteiger partial charge in [-0.05, 0) is 141 Å². The van der Waals surface area contributed by atoms with Crippen LogP contribution in [0.1, 0.15) is 5.56 Å². The van der Waals surface area contributed by atoms with Crippen molar-refractivity contribution >= 4 is 55.1 Å². The number of para-hydroxylation sites is 2. The molecule has 12 rings (SSSR count). The molecule has 0 bridgehead atoms. The monoisotopic (exact) mass is 836 g/mol. The van der Waals surface area contributed by atoms with E-state index in [-0.39, 0.29) is 0 Å². The quantitative estimate of drug-likeness (QED) is 0.160. The zero-order valence-corrected chi connectivity index (χ0v) is 36.0. The summed E-state index contributed by atoms with van der Waals surface area (Å²) >= 11 is 0. The predicted molar refractivity (Wildman–Crippen MR) is 272 cm³/mol. The van der Waals surface area contributed by atoms with Crippen LogP contribution < -0.4 is 9.64 Å². The van der Waals surface area contributed by atoms with Crippen molar-refractivity contribution in [3.8, 4) is 55.9 Å². The van der Waals surface area contributed by atoms with Crippen molar-refractivity contribution in [2.24, 2.45) is 0 Å². The molecule has 0 radical (unpaired) electrons. The van der Waals surface area contributed by atoms with Gasteiger partial charge in [-0.15, -0.1) is 0 Å². The third kappa shape index (κ3) is 6.97. The Bertz CT molecular complexity index is 3660. The molecular weight excluding hydrogens is 793 g/mol. The fraction of sp³-hybridized carbons (Fsp3) is 0.0492. The van der Waals surface area contributed by atoms with Gasteiger partial charge in [0.2, 0.25) is 0 Å². The molecule has 1 aliphatic heterocycles. The molecule has 3 heterocycles. The highest BCUT2D eigenvalue weighted by atomic mass is 16.5. The summed E-state index contributed by atoms with van der Waals surface area (Å²) in [5.74, 6) is 0.858. The standard InChI is InChI=1S/C61H44N2O2/c1-64-52-19-12-18-47(38-52)45-16-10-14-43(35-45)41-24-26-42(27-25-41)44-15-11-17-46(36-44)48-28-31-57-49(37-48)13-4-2-3-9-34-62(57)50-29-32-59-55(39-50)53-20-5-7-22-58(53)63(59)51-30-33-61-56(40-51)54-21-6-8-23-60(54)65-61/h2-12,14-33,35-40H,13,34H2,1H3/b4-2-,9-3-. The number of rotatable bonds is 7. The molecule has 0 unspecified atom stereocenters. The first-order valence-corrected chi connectivity index (χ1v) is 22.3. The summed E-state index contributed by atoms with van der Waals surface area (Å²) in [4.78, 5) is 2.46. The summed E-state index contributed by atoms with van der Waals surface area (Å²) in [6, 6.07) is 72.3. The number of methoxy groups -OCH3 is 1. The van der Waals surface area contributed by atoms with Crippen molar-refractivity contribution in [1.29, 1.82) is 0 Å². The lowest BCUT2D eigenvalue weighted by molar-refractivity contribution is 0.415. The molecule has 1 aliphatic rings. The van der Waals surface area contributed by atoms with Gasteiger partial charge in [-0.1, -0.05) is 140 Å². The van der Waals surface area contributed by atoms with Crippen molar-refractivity contribution < 1.29 is 9.15 Å². The first kappa shape index (κ1) is 38.3. The normalized spacial score (nSPS) is 13.7. The van der Waals surface area contributed by atoms with Gasteiger partial charge in [-0.3, -0.25) is 0 Å². The van der Waals surface area contributed by atoms with Crippen LogP contribution in [-0.2, 0) is 6.42 Å². The van der Waals surface area contributed by atoms with E-state index in [4.69, 9.17) is 9.15 Å². The highest BCUT2D eigenvalue weighted by Gasteiger charge is 2.19. The Morgan fingerprint density at radius 2 is 1.00 bits per heavy atom. The van der Waals surface area contributed by atoms with Gasteiger partial charge in [0.1, 0.15) is 16.9 Å². The summed E-state index contributed by atoms with van der Waals surface area (Å²) in [5, 5.41) is 4.71. The van der Waals surface area contributed by atoms with Crippen LogP contribution in [0, 0.1) is 0 Å². The number of benzene rings is 9. The maximum Gasteiger partial charge on any atom is 0.135 e. The van der Waals surface area contributed by atoms with Crippen molar-refractivity contribution in [2.75, 3.05) is 18.6 Å². The van der Waals surface area contributed by atoms with Crippen LogP contribution in [0.3, 0.4) is 0 Å². The summed E-state index contributed by atoms with van der Waals surface area (Å²) in [7, 11) is 1.71. The zero-order valence-electron chi connectivity index (χ0n) is 36.0. The smallest absolute Gasteiger partial charge is 0.135 e. The van der Waals surface area contributed by atoms with E-state index in [2.05, 4.69) is 210 Å². The first-order valence-electron chi connectivity index (χ1n) is 22.3. The van der Waals surface area contributed by atoms with Crippen LogP contribution >= 0.6 is 0 Å². The molecule has 11 aromatic rings. The van der Waals surface area contributed by atoms with Gasteiger partial charge in [0.05, 0.1) is 18.1 Å². The predicted octanol–water partition coefficient (Wildman–Crippen LogP) is 16.2. The topological polar surface area (TPSA) is 30.5 Å². The number of anilines is 2. The maximum absolute atomic E-state index is 6.20. The van der Waals surface area contributed by atoms with E-state index in [0.717, 1.165) is 57.6 Å². The maximum atomic E-state index is 6.20. The number of ether oxygens (including phenoxy) is 1. The molecule has 0 N–H and O–H groups in total. The first-order chi connectivity index (χ1) is 32.1. The molecule has 310 valence electrons. The van der Waals surface area contributed by atoms with Gasteiger partial charge in [-0.25, -0.2) is 0 Å². The van der Waals surface area contributed by atoms with E-state index in [1.165, 1.54) is 72.0 Å². The minimum absolute atomic E-state index is 0.752. The van der Waals surface area contributed by atoms with E-state index >= 15 is 0 Å². The van der Waals surface area contributed by atoms with E-state index in [1.807, 2.05) is 24.3 Å². The molecular formula is C61H44N2O2. The van der Waals surface area contributed by atoms with Crippen LogP contribution in [0.4, 0.5) is 11.4 Å². The summed E-state index contributed by atoms with van der Waals surface area (Å²) < 4.78 is 14.1. The van der Waals surface area contributed by atoms with E-state index in [0.29, 0.717) is 0 Å². The number of aromatic nitrogens is 1. The van der Waals surface area contributed by atoms with Crippen molar-refractivity contribution in [3.05, 3.63) is 230 Å². The van der Waals surface area contributed by atoms with Crippen LogP contribution in [-0.4, -0.2) is 18.2 Å². The molecule has 0 spiro atoms. The van der Waals surface area contributed by atoms with Crippen LogP contribution in [0.2, 0.25) is 0 Å². The number of nitrogens with zero attached hydrogens (tertiary/aromatic N) is 2. The molecule has 2 aromatic heterocycles. The van der Waals surface area contributed by atoms with Crippen molar-refractivity contribution in [2.45, 2.75) is 6.42 Å². The van der Waals surface area contributed by atoms with E-state index < -0.39 is 0 Å². The second kappa shape index (κ2) is 16.1. The van der Waals surface area contributed by atoms with Crippen LogP contribution in [0.5, 0.6) is 5.75 Å². The van der Waals surface area contributed by atoms with E-state index in [9.17, 15) is 0 Å². The number of allylic oxidation sites excluding steroid dienone is 3. The van der Waals surface area contributed by atoms with Crippen molar-refractivity contribution in [3.63, 3.8) is 0 Å². The van der Waals surface area contributed by atoms with Crippen molar-refractivity contribution in [1.82, 2.24) is 4.57 Å². The molecule has 65 heavy (non-hydrogen) atoms. The lowest BCUT2D eigenvalue weighted by atomic mass is 9.94. The molecule has 0 atom stereocenters. The Labute approximate surface area is 378 Å². The van der Waals surface area contributed by atoms with Crippen LogP contribution in [0.25, 0.3) is 93.9 Å². The molecule has 0 saturated carbocycles. The molecule has 4 nitrogen and oxygen atoms in total. The highest BCUT2D eigenvalue weighted by Crippen LogP contribution is 2.40. The molecule has 0 amide bonds. The number of hydrogen-bond acceptors (Lipinski definition) is 3. The molecule has 9 aromatic carbocycles. The molecule has 4 heteroatoms. The zero-order chi connectivity index (χ0) is 43.3. The molecule has 0 fully saturated rings. The Morgan fingerprint density at radius 3 is 1.77 bits per heavy atom. The minimum atomic E-state index is 0.752. The highest BCUT2D eigenvalue weighted by molar-refractivity contribution is 6.11. The average Bonchev–Trinajstić information content (AvgIpc) is 3.94. The van der Waals surface area contributed by atoms with Gasteiger partial charge >= 0.3 is 0 Å². The largest absolute Gasteiger partial charge is 0.497 e. The SMILES string of the molecule is COc1cccc(-c2cccc(-c3ccc(-c4cccc(-c5ccc6c(c5)C/C=C\C=C/CN6c5ccc6c(c5)c5ccccc5n6-c5ccc6oc7ccccc7c6c5)c4)cc3)c2)c1. The minimum Gasteiger partial charge on any atom is -0.497 e. The Kier molecular flexibility index (Phi) is 9.49. The third-order valence-corrected chi connectivity index (χ3v) is 13.0. The van der Waals surface area contributed by atoms with Gasteiger partial charge in [0.25, 0.3) is 0 Å². The second-order valence-corrected chi connectivity index (χ2v) is 16.8. The fourth-order valence-electron chi connectivity index (χ4n) is 9.73. The van der Waals surface area contributed by atoms with Gasteiger partial charge in [-0.2, -0.15) is 0 Å². The summed E-state index contributed by atoms with van der Waals surface area (Å²) in [6.07, 6.45) is 9.70. The summed E-state index contributed by atoms with van der Waals surface area (Å²) in [5.41, 5.74) is 18.4. The number of hydrogen-bond donors (Lipinski definition) is 0. The Balaban J connectivity index is 0.868. The number of fused-ring (bicyclic) bond motifs is 7. The van der Waals surface area contributed by atoms with Gasteiger partial charge in [0, 0.05) is 45.2 Å². The molecule has 0 saturated heterocycles. The lowest BCUT2D eigenvalue weighted by Gasteiger charge is -2.27. The average molecular weight is 837 g/mol. The van der Waals surface area contributed by atoms with E-state index in [1.54, 1.807) is 7.11 Å². The third-order valence-electron chi connectivity index (χ3n) is 13.0. The van der Waals surface area contributed by atoms with Gasteiger partial charge < -0.3 is 18.6 Å².